The van der Waals surface area contributed by atoms with Crippen molar-refractivity contribution in [3.05, 3.63) is 48.1 Å². The van der Waals surface area contributed by atoms with Gasteiger partial charge in [-0.1, -0.05) is 0 Å². The Morgan fingerprint density at radius 1 is 1.21 bits per heavy atom. The molecule has 1 aliphatic rings. The average Bonchev–Trinajstić information content (AvgIpc) is 3.27. The zero-order valence-corrected chi connectivity index (χ0v) is 16.2. The van der Waals surface area contributed by atoms with Gasteiger partial charge in [-0.2, -0.15) is 5.10 Å². The molecule has 3 heterocycles. The number of rotatable bonds is 5. The van der Waals surface area contributed by atoms with E-state index >= 15 is 0 Å². The van der Waals surface area contributed by atoms with Crippen molar-refractivity contribution in [3.8, 4) is 0 Å². The first-order valence-electron chi connectivity index (χ1n) is 9.43. The lowest BCUT2D eigenvalue weighted by atomic mass is 10.2. The highest BCUT2D eigenvalue weighted by molar-refractivity contribution is 6.02. The van der Waals surface area contributed by atoms with Crippen LogP contribution < -0.4 is 5.32 Å². The van der Waals surface area contributed by atoms with Crippen LogP contribution in [0.25, 0.3) is 17.1 Å². The van der Waals surface area contributed by atoms with Gasteiger partial charge in [-0.15, -0.1) is 0 Å². The van der Waals surface area contributed by atoms with Gasteiger partial charge < -0.3 is 15.2 Å². The zero-order valence-electron chi connectivity index (χ0n) is 16.2. The molecule has 0 bridgehead atoms. The Labute approximate surface area is 163 Å². The van der Waals surface area contributed by atoms with Crippen molar-refractivity contribution in [1.29, 1.82) is 0 Å². The molecule has 146 valence electrons. The number of amides is 1. The van der Waals surface area contributed by atoms with E-state index in [-0.39, 0.29) is 5.91 Å². The van der Waals surface area contributed by atoms with Crippen LogP contribution >= 0.6 is 0 Å². The molecule has 0 unspecified atom stereocenters. The number of H-pyrrole nitrogens is 1. The fourth-order valence-corrected chi connectivity index (χ4v) is 3.33. The van der Waals surface area contributed by atoms with Crippen molar-refractivity contribution >= 4 is 28.7 Å². The van der Waals surface area contributed by atoms with Crippen molar-refractivity contribution in [2.45, 2.75) is 6.54 Å². The zero-order chi connectivity index (χ0) is 19.5. The van der Waals surface area contributed by atoms with Gasteiger partial charge in [0.25, 0.3) is 0 Å². The first kappa shape index (κ1) is 18.4. The quantitative estimate of drug-likeness (QED) is 0.660. The molecule has 1 aliphatic heterocycles. The van der Waals surface area contributed by atoms with Crippen LogP contribution in [0.1, 0.15) is 11.5 Å². The van der Waals surface area contributed by atoms with Crippen LogP contribution in [0.15, 0.2) is 36.5 Å². The second-order valence-corrected chi connectivity index (χ2v) is 7.20. The highest BCUT2D eigenvalue weighted by Gasteiger charge is 2.15. The third-order valence-electron chi connectivity index (χ3n) is 5.03. The number of aromatic nitrogens is 4. The predicted molar refractivity (Wildman–Crippen MR) is 110 cm³/mol. The highest BCUT2D eigenvalue weighted by Crippen LogP contribution is 2.18. The van der Waals surface area contributed by atoms with E-state index in [4.69, 9.17) is 0 Å². The largest absolute Gasteiger partial charge is 0.341 e. The third kappa shape index (κ3) is 4.29. The molecule has 1 amide bonds. The summed E-state index contributed by atoms with van der Waals surface area (Å²) in [4.78, 5) is 25.0. The van der Waals surface area contributed by atoms with E-state index < -0.39 is 0 Å². The molecule has 2 aromatic heterocycles. The number of benzene rings is 1. The molecule has 0 saturated carbocycles. The molecule has 0 radical (unpaired) electrons. The first-order chi connectivity index (χ1) is 13.6. The number of likely N-dealkylation sites (N-methyl/N-ethyl adjacent to an activating group) is 1. The van der Waals surface area contributed by atoms with Crippen LogP contribution in [-0.2, 0) is 18.4 Å². The maximum Gasteiger partial charge on any atom is 0.248 e. The summed E-state index contributed by atoms with van der Waals surface area (Å²) in [6, 6.07) is 7.58. The Hall–Kier alpha value is -2.97. The van der Waals surface area contributed by atoms with Crippen LogP contribution in [0.3, 0.4) is 0 Å². The Bertz CT molecular complexity index is 995. The van der Waals surface area contributed by atoms with E-state index in [0.29, 0.717) is 0 Å². The number of fused-ring (bicyclic) bond motifs is 1. The SMILES string of the molecule is CN1CCN(Cc2nc3ccc(NC(=O)/C=C/c4ccnn4C)cc3[nH]2)CC1. The van der Waals surface area contributed by atoms with Gasteiger partial charge in [0.15, 0.2) is 0 Å². The summed E-state index contributed by atoms with van der Waals surface area (Å²) >= 11 is 0. The number of aromatic amines is 1. The molecule has 4 rings (SSSR count). The molecular weight excluding hydrogens is 354 g/mol. The molecule has 0 aliphatic carbocycles. The standard InChI is InChI=1S/C20H25N7O/c1-25-9-11-27(12-10-25)14-19-23-17-5-3-15(13-18(17)24-19)22-20(28)6-4-16-7-8-21-26(16)2/h3-8,13H,9-12,14H2,1-2H3,(H,22,28)(H,23,24)/b6-4+. The van der Waals surface area contributed by atoms with Crippen LogP contribution in [0.5, 0.6) is 0 Å². The van der Waals surface area contributed by atoms with E-state index in [1.807, 2.05) is 31.3 Å². The first-order valence-corrected chi connectivity index (χ1v) is 9.43. The number of anilines is 1. The lowest BCUT2D eigenvalue weighted by Crippen LogP contribution is -2.44. The summed E-state index contributed by atoms with van der Waals surface area (Å²) in [6.07, 6.45) is 4.95. The normalized spacial score (nSPS) is 16.2. The van der Waals surface area contributed by atoms with Gasteiger partial charge in [0.1, 0.15) is 5.82 Å². The Kier molecular flexibility index (Phi) is 5.23. The lowest BCUT2D eigenvalue weighted by molar-refractivity contribution is -0.111. The van der Waals surface area contributed by atoms with Crippen LogP contribution in [0.4, 0.5) is 5.69 Å². The number of nitrogens with zero attached hydrogens (tertiary/aromatic N) is 5. The molecule has 2 N–H and O–H groups in total. The van der Waals surface area contributed by atoms with Crippen molar-refractivity contribution in [1.82, 2.24) is 29.5 Å². The molecule has 0 spiro atoms. The molecule has 8 nitrogen and oxygen atoms in total. The van der Waals surface area contributed by atoms with E-state index in [0.717, 1.165) is 61.0 Å². The molecule has 3 aromatic rings. The number of hydrogen-bond donors (Lipinski definition) is 2. The van der Waals surface area contributed by atoms with E-state index in [1.54, 1.807) is 17.0 Å². The van der Waals surface area contributed by atoms with Gasteiger partial charge in [0.2, 0.25) is 5.91 Å². The van der Waals surface area contributed by atoms with E-state index in [2.05, 4.69) is 37.2 Å². The Balaban J connectivity index is 1.40. The summed E-state index contributed by atoms with van der Waals surface area (Å²) in [5, 5.41) is 6.97. The second kappa shape index (κ2) is 7.95. The summed E-state index contributed by atoms with van der Waals surface area (Å²) < 4.78 is 1.71. The van der Waals surface area contributed by atoms with Gasteiger partial charge in [0.05, 0.1) is 23.3 Å². The average molecular weight is 379 g/mol. The van der Waals surface area contributed by atoms with Crippen molar-refractivity contribution in [3.63, 3.8) is 0 Å². The van der Waals surface area contributed by atoms with Gasteiger partial charge in [0, 0.05) is 51.2 Å². The van der Waals surface area contributed by atoms with Gasteiger partial charge >= 0.3 is 0 Å². The number of carbonyl (C=O) groups is 1. The van der Waals surface area contributed by atoms with Crippen LogP contribution in [0.2, 0.25) is 0 Å². The number of piperazine rings is 1. The molecule has 28 heavy (non-hydrogen) atoms. The minimum atomic E-state index is -0.183. The molecule has 0 atom stereocenters. The number of carbonyl (C=O) groups excluding carboxylic acids is 1. The van der Waals surface area contributed by atoms with Gasteiger partial charge in [-0.3, -0.25) is 14.4 Å². The number of hydrogen-bond acceptors (Lipinski definition) is 5. The van der Waals surface area contributed by atoms with Crippen LogP contribution in [0, 0.1) is 0 Å². The summed E-state index contributed by atoms with van der Waals surface area (Å²) in [7, 11) is 3.99. The fourth-order valence-electron chi connectivity index (χ4n) is 3.33. The maximum absolute atomic E-state index is 12.2. The summed E-state index contributed by atoms with van der Waals surface area (Å²) in [6.45, 7) is 5.10. The van der Waals surface area contributed by atoms with E-state index in [9.17, 15) is 4.79 Å². The minimum Gasteiger partial charge on any atom is -0.341 e. The minimum absolute atomic E-state index is 0.183. The number of nitrogens with one attached hydrogen (secondary N) is 2. The monoisotopic (exact) mass is 379 g/mol. The van der Waals surface area contributed by atoms with Gasteiger partial charge in [-0.05, 0) is 37.4 Å². The lowest BCUT2D eigenvalue weighted by Gasteiger charge is -2.31. The van der Waals surface area contributed by atoms with Crippen molar-refractivity contribution in [2.24, 2.45) is 7.05 Å². The number of imidazole rings is 1. The van der Waals surface area contributed by atoms with Crippen molar-refractivity contribution < 1.29 is 4.79 Å². The molecular formula is C20H25N7O. The fraction of sp³-hybridized carbons (Fsp3) is 0.350. The topological polar surface area (TPSA) is 82.1 Å². The predicted octanol–water partition coefficient (Wildman–Crippen LogP) is 1.70. The molecule has 1 aromatic carbocycles. The smallest absolute Gasteiger partial charge is 0.248 e. The van der Waals surface area contributed by atoms with E-state index in [1.165, 1.54) is 6.08 Å². The summed E-state index contributed by atoms with van der Waals surface area (Å²) in [5.74, 6) is 0.775. The Morgan fingerprint density at radius 2 is 2.04 bits per heavy atom. The summed E-state index contributed by atoms with van der Waals surface area (Å²) in [5.41, 5.74) is 3.44. The maximum atomic E-state index is 12.2. The third-order valence-corrected chi connectivity index (χ3v) is 5.03. The molecule has 1 fully saturated rings. The molecule has 1 saturated heterocycles. The second-order valence-electron chi connectivity index (χ2n) is 7.20. The highest BCUT2D eigenvalue weighted by atomic mass is 16.1. The molecule has 8 heteroatoms. The Morgan fingerprint density at radius 3 is 2.79 bits per heavy atom. The van der Waals surface area contributed by atoms with Crippen molar-refractivity contribution in [2.75, 3.05) is 38.5 Å². The number of aryl methyl sites for hydroxylation is 1. The van der Waals surface area contributed by atoms with Crippen LogP contribution in [-0.4, -0.2) is 68.7 Å². The van der Waals surface area contributed by atoms with Gasteiger partial charge in [-0.25, -0.2) is 4.98 Å².